The van der Waals surface area contributed by atoms with Gasteiger partial charge in [-0.25, -0.2) is 9.48 Å². The fourth-order valence-electron chi connectivity index (χ4n) is 2.82. The molecule has 30 heavy (non-hydrogen) atoms. The zero-order valence-corrected chi connectivity index (χ0v) is 17.5. The van der Waals surface area contributed by atoms with Crippen LogP contribution < -0.4 is 5.43 Å². The molecule has 0 bridgehead atoms. The van der Waals surface area contributed by atoms with Crippen molar-refractivity contribution in [2.75, 3.05) is 14.1 Å². The van der Waals surface area contributed by atoms with Gasteiger partial charge in [-0.3, -0.25) is 9.59 Å². The van der Waals surface area contributed by atoms with Crippen molar-refractivity contribution in [3.05, 3.63) is 92.9 Å². The Hall–Kier alpha value is -3.45. The maximum atomic E-state index is 12.8. The molecule has 0 aliphatic heterocycles. The van der Waals surface area contributed by atoms with Crippen LogP contribution in [-0.2, 0) is 9.53 Å². The van der Waals surface area contributed by atoms with Gasteiger partial charge >= 0.3 is 5.97 Å². The van der Waals surface area contributed by atoms with Crippen LogP contribution in [0.5, 0.6) is 0 Å². The molecule has 1 aromatic heterocycles. The number of benzene rings is 2. The third-order valence-corrected chi connectivity index (χ3v) is 4.62. The average molecular weight is 426 g/mol. The Labute approximate surface area is 178 Å². The van der Waals surface area contributed by atoms with Crippen LogP contribution >= 0.6 is 11.6 Å². The lowest BCUT2D eigenvalue weighted by molar-refractivity contribution is -0.138. The van der Waals surface area contributed by atoms with E-state index < -0.39 is 29.1 Å². The van der Waals surface area contributed by atoms with Crippen LogP contribution in [0.3, 0.4) is 0 Å². The molecule has 0 spiro atoms. The van der Waals surface area contributed by atoms with E-state index in [1.165, 1.54) is 15.6 Å². The molecule has 7 nitrogen and oxygen atoms in total. The predicted molar refractivity (Wildman–Crippen MR) is 113 cm³/mol. The molecule has 3 rings (SSSR count). The lowest BCUT2D eigenvalue weighted by atomic mass is 10.1. The topological polar surface area (TPSA) is 81.5 Å². The Kier molecular flexibility index (Phi) is 6.32. The van der Waals surface area contributed by atoms with Gasteiger partial charge in [0.05, 0.1) is 5.69 Å². The first-order valence-electron chi connectivity index (χ1n) is 9.12. The first-order valence-corrected chi connectivity index (χ1v) is 9.49. The molecule has 0 aliphatic rings. The molecule has 1 heterocycles. The third-order valence-electron chi connectivity index (χ3n) is 4.36. The highest BCUT2D eigenvalue weighted by molar-refractivity contribution is 6.30. The molecule has 0 fully saturated rings. The summed E-state index contributed by atoms with van der Waals surface area (Å²) in [6, 6.07) is 16.7. The number of ether oxygens (including phenoxy) is 1. The summed E-state index contributed by atoms with van der Waals surface area (Å²) in [7, 11) is 3.12. The van der Waals surface area contributed by atoms with Gasteiger partial charge in [0.2, 0.25) is 17.2 Å². The van der Waals surface area contributed by atoms with Crippen molar-refractivity contribution in [3.8, 4) is 5.69 Å². The van der Waals surface area contributed by atoms with E-state index in [-0.39, 0.29) is 0 Å². The van der Waals surface area contributed by atoms with Gasteiger partial charge in [-0.05, 0) is 31.2 Å². The van der Waals surface area contributed by atoms with E-state index in [4.69, 9.17) is 16.3 Å². The quantitative estimate of drug-likeness (QED) is 0.586. The zero-order valence-electron chi connectivity index (χ0n) is 16.7. The van der Waals surface area contributed by atoms with Crippen LogP contribution in [0.1, 0.15) is 27.8 Å². The van der Waals surface area contributed by atoms with Crippen LogP contribution in [0.2, 0.25) is 5.02 Å². The van der Waals surface area contributed by atoms with Gasteiger partial charge in [-0.15, -0.1) is 0 Å². The predicted octanol–water partition coefficient (Wildman–Crippen LogP) is 3.18. The molecule has 3 aromatic rings. The monoisotopic (exact) mass is 425 g/mol. The molecule has 0 N–H and O–H groups in total. The fourth-order valence-corrected chi connectivity index (χ4v) is 2.94. The molecule has 154 valence electrons. The lowest BCUT2D eigenvalue weighted by Gasteiger charge is -2.21. The van der Waals surface area contributed by atoms with Crippen LogP contribution in [0, 0.1) is 6.92 Å². The smallest absolute Gasteiger partial charge is 0.364 e. The minimum Gasteiger partial charge on any atom is -0.442 e. The van der Waals surface area contributed by atoms with E-state index in [1.807, 2.05) is 0 Å². The summed E-state index contributed by atoms with van der Waals surface area (Å²) in [5.41, 5.74) is 0.641. The van der Waals surface area contributed by atoms with E-state index in [0.717, 1.165) is 0 Å². The van der Waals surface area contributed by atoms with Gasteiger partial charge < -0.3 is 9.64 Å². The summed E-state index contributed by atoms with van der Waals surface area (Å²) in [5, 5.41) is 4.73. The van der Waals surface area contributed by atoms with Crippen LogP contribution in [0.25, 0.3) is 5.69 Å². The number of aryl methyl sites for hydroxylation is 1. The molecular weight excluding hydrogens is 406 g/mol. The molecular formula is C22H20ClN3O4. The Bertz CT molecular complexity index is 1130. The van der Waals surface area contributed by atoms with Gasteiger partial charge in [-0.1, -0.05) is 41.9 Å². The first-order chi connectivity index (χ1) is 14.3. The number of esters is 1. The number of likely N-dealkylation sites (N-methyl/N-ethyl adjacent to an activating group) is 1. The summed E-state index contributed by atoms with van der Waals surface area (Å²) >= 11 is 5.93. The molecule has 1 amide bonds. The van der Waals surface area contributed by atoms with E-state index in [2.05, 4.69) is 5.10 Å². The second kappa shape index (κ2) is 8.92. The van der Waals surface area contributed by atoms with Crippen LogP contribution in [0.4, 0.5) is 0 Å². The average Bonchev–Trinajstić information content (AvgIpc) is 2.73. The highest BCUT2D eigenvalue weighted by atomic mass is 35.5. The number of hydrogen-bond acceptors (Lipinski definition) is 5. The molecule has 0 saturated carbocycles. The molecule has 0 aliphatic carbocycles. The number of aromatic nitrogens is 2. The van der Waals surface area contributed by atoms with E-state index >= 15 is 0 Å². The van der Waals surface area contributed by atoms with Gasteiger partial charge in [0, 0.05) is 36.4 Å². The fraction of sp³-hybridized carbons (Fsp3) is 0.182. The first kappa shape index (κ1) is 21.3. The highest BCUT2D eigenvalue weighted by Gasteiger charge is 2.29. The van der Waals surface area contributed by atoms with Crippen molar-refractivity contribution in [2.45, 2.75) is 13.0 Å². The Morgan fingerprint density at radius 2 is 1.70 bits per heavy atom. The van der Waals surface area contributed by atoms with Gasteiger partial charge in [0.1, 0.15) is 0 Å². The van der Waals surface area contributed by atoms with Crippen molar-refractivity contribution in [3.63, 3.8) is 0 Å². The Balaban J connectivity index is 1.99. The van der Waals surface area contributed by atoms with Crippen molar-refractivity contribution < 1.29 is 14.3 Å². The van der Waals surface area contributed by atoms with E-state index in [0.29, 0.717) is 22.0 Å². The molecule has 1 unspecified atom stereocenters. The second-order valence-electron chi connectivity index (χ2n) is 6.82. The number of amides is 1. The molecule has 8 heteroatoms. The zero-order chi connectivity index (χ0) is 21.8. The van der Waals surface area contributed by atoms with Crippen LogP contribution in [0.15, 0.2) is 65.5 Å². The van der Waals surface area contributed by atoms with E-state index in [9.17, 15) is 14.4 Å². The van der Waals surface area contributed by atoms with Crippen molar-refractivity contribution >= 4 is 23.5 Å². The number of nitrogens with zero attached hydrogens (tertiary/aromatic N) is 3. The summed E-state index contributed by atoms with van der Waals surface area (Å²) < 4.78 is 6.89. The minimum absolute atomic E-state index is 0.414. The Morgan fingerprint density at radius 3 is 2.30 bits per heavy atom. The van der Waals surface area contributed by atoms with Gasteiger partial charge in [-0.2, -0.15) is 5.10 Å². The minimum atomic E-state index is -1.19. The standard InChI is InChI=1S/C22H20ClN3O4/c1-14-13-18(27)19(24-26(14)17-11-9-16(23)10-12-17)22(29)30-20(21(28)25(2)3)15-7-5-4-6-8-15/h4-13,20H,1-3H3. The summed E-state index contributed by atoms with van der Waals surface area (Å²) in [4.78, 5) is 39.2. The van der Waals surface area contributed by atoms with Crippen LogP contribution in [-0.4, -0.2) is 40.7 Å². The largest absolute Gasteiger partial charge is 0.442 e. The number of rotatable bonds is 5. The van der Waals surface area contributed by atoms with E-state index in [1.54, 1.807) is 75.6 Å². The van der Waals surface area contributed by atoms with Crippen molar-refractivity contribution in [1.29, 1.82) is 0 Å². The Morgan fingerprint density at radius 1 is 1.07 bits per heavy atom. The molecule has 1 atom stereocenters. The number of carbonyl (C=O) groups is 2. The van der Waals surface area contributed by atoms with Gasteiger partial charge in [0.25, 0.3) is 5.91 Å². The van der Waals surface area contributed by atoms with Crippen molar-refractivity contribution in [2.24, 2.45) is 0 Å². The number of hydrogen-bond donors (Lipinski definition) is 0. The maximum absolute atomic E-state index is 12.8. The number of carbonyl (C=O) groups excluding carboxylic acids is 2. The summed E-state index contributed by atoms with van der Waals surface area (Å²) in [5.74, 6) is -1.41. The highest BCUT2D eigenvalue weighted by Crippen LogP contribution is 2.21. The SMILES string of the molecule is Cc1cc(=O)c(C(=O)OC(C(=O)N(C)C)c2ccccc2)nn1-c1ccc(Cl)cc1. The maximum Gasteiger partial charge on any atom is 0.364 e. The lowest BCUT2D eigenvalue weighted by Crippen LogP contribution is -2.33. The molecule has 0 saturated heterocycles. The van der Waals surface area contributed by atoms with Crippen molar-refractivity contribution in [1.82, 2.24) is 14.7 Å². The molecule has 2 aromatic carbocycles. The summed E-state index contributed by atoms with van der Waals surface area (Å²) in [6.45, 7) is 1.69. The second-order valence-corrected chi connectivity index (χ2v) is 7.25. The normalized spacial score (nSPS) is 11.6. The third kappa shape index (κ3) is 4.58. The summed E-state index contributed by atoms with van der Waals surface area (Å²) in [6.07, 6.45) is -1.19. The number of halogens is 1. The van der Waals surface area contributed by atoms with Gasteiger partial charge in [0.15, 0.2) is 0 Å². The molecule has 0 radical (unpaired) electrons.